The van der Waals surface area contributed by atoms with E-state index in [1.165, 1.54) is 5.56 Å². The Labute approximate surface area is 146 Å². The van der Waals surface area contributed by atoms with Crippen molar-refractivity contribution in [3.8, 4) is 11.5 Å². The summed E-state index contributed by atoms with van der Waals surface area (Å²) >= 11 is 0. The fourth-order valence-corrected chi connectivity index (χ4v) is 2.84. The van der Waals surface area contributed by atoms with Crippen LogP contribution < -0.4 is 11.1 Å². The van der Waals surface area contributed by atoms with E-state index in [1.807, 2.05) is 31.2 Å². The molecule has 0 aliphatic carbocycles. The lowest BCUT2D eigenvalue weighted by Gasteiger charge is -2.16. The molecule has 1 aliphatic rings. The van der Waals surface area contributed by atoms with Gasteiger partial charge in [-0.1, -0.05) is 17.7 Å². The zero-order valence-electron chi connectivity index (χ0n) is 14.2. The Balaban J connectivity index is 1.47. The molecule has 0 spiro atoms. The molecule has 0 bridgehead atoms. The molecule has 0 radical (unpaired) electrons. The molecular weight excluding hydrogens is 320 g/mol. The number of urea groups is 1. The molecule has 1 saturated heterocycles. The second-order valence-electron chi connectivity index (χ2n) is 6.33. The first-order chi connectivity index (χ1) is 12.0. The highest BCUT2D eigenvalue weighted by atomic mass is 16.3. The number of likely N-dealkylation sites (tertiary alicyclic amines) is 1. The average Bonchev–Trinajstić information content (AvgIpc) is 3.25. The highest BCUT2D eigenvalue weighted by molar-refractivity contribution is 5.80. The third-order valence-corrected chi connectivity index (χ3v) is 4.39. The van der Waals surface area contributed by atoms with Gasteiger partial charge in [0.25, 0.3) is 0 Å². The van der Waals surface area contributed by atoms with Gasteiger partial charge in [0.2, 0.25) is 11.8 Å². The summed E-state index contributed by atoms with van der Waals surface area (Å²) in [7, 11) is 0. The minimum atomic E-state index is -0.346. The Kier molecular flexibility index (Phi) is 5.02. The van der Waals surface area contributed by atoms with Crippen molar-refractivity contribution >= 4 is 11.9 Å². The predicted molar refractivity (Wildman–Crippen MR) is 92.7 cm³/mol. The van der Waals surface area contributed by atoms with Gasteiger partial charge in [0.15, 0.2) is 0 Å². The number of nitrogens with one attached hydrogen (secondary N) is 1. The quantitative estimate of drug-likeness (QED) is 0.863. The van der Waals surface area contributed by atoms with Crippen molar-refractivity contribution in [3.05, 3.63) is 41.8 Å². The number of benzene rings is 1. The number of aryl methyl sites for hydroxylation is 1. The van der Waals surface area contributed by atoms with Gasteiger partial charge in [-0.3, -0.25) is 4.79 Å². The molecule has 7 heteroatoms. The summed E-state index contributed by atoms with van der Waals surface area (Å²) in [6.07, 6.45) is 2.82. The summed E-state index contributed by atoms with van der Waals surface area (Å²) in [5, 5.41) is 2.84. The number of oxazole rings is 1. The molecule has 132 valence electrons. The molecule has 7 nitrogen and oxygen atoms in total. The maximum absolute atomic E-state index is 12.1. The molecule has 0 saturated carbocycles. The smallest absolute Gasteiger partial charge is 0.317 e. The molecule has 3 rings (SSSR count). The van der Waals surface area contributed by atoms with Crippen LogP contribution in [0.3, 0.4) is 0 Å². The van der Waals surface area contributed by atoms with Crippen molar-refractivity contribution in [1.82, 2.24) is 15.2 Å². The Morgan fingerprint density at radius 1 is 1.36 bits per heavy atom. The van der Waals surface area contributed by atoms with Crippen molar-refractivity contribution in [2.75, 3.05) is 19.6 Å². The molecule has 1 aromatic carbocycles. The van der Waals surface area contributed by atoms with Crippen LogP contribution in [0.25, 0.3) is 11.5 Å². The lowest BCUT2D eigenvalue weighted by molar-refractivity contribution is -0.121. The number of carbonyl (C=O) groups is 2. The van der Waals surface area contributed by atoms with E-state index in [9.17, 15) is 9.59 Å². The van der Waals surface area contributed by atoms with E-state index in [4.69, 9.17) is 10.2 Å². The monoisotopic (exact) mass is 342 g/mol. The van der Waals surface area contributed by atoms with Crippen LogP contribution in [0.2, 0.25) is 0 Å². The topological polar surface area (TPSA) is 101 Å². The zero-order valence-corrected chi connectivity index (χ0v) is 14.2. The Bertz CT molecular complexity index is 754. The van der Waals surface area contributed by atoms with Crippen LogP contribution in [0.5, 0.6) is 0 Å². The second-order valence-corrected chi connectivity index (χ2v) is 6.33. The maximum atomic E-state index is 12.1. The number of primary amides is 1. The first kappa shape index (κ1) is 17.0. The van der Waals surface area contributed by atoms with Crippen LogP contribution >= 0.6 is 0 Å². The van der Waals surface area contributed by atoms with Crippen molar-refractivity contribution in [2.45, 2.75) is 19.8 Å². The molecule has 3 N–H and O–H groups in total. The molecule has 1 aliphatic heterocycles. The molecule has 3 amide bonds. The lowest BCUT2D eigenvalue weighted by Crippen LogP contribution is -2.40. The maximum Gasteiger partial charge on any atom is 0.317 e. The molecular formula is C18H22N4O3. The number of amides is 3. The summed E-state index contributed by atoms with van der Waals surface area (Å²) in [4.78, 5) is 29.3. The number of carbonyl (C=O) groups excluding carboxylic acids is 2. The molecule has 1 fully saturated rings. The highest BCUT2D eigenvalue weighted by Gasteiger charge is 2.29. The van der Waals surface area contributed by atoms with Crippen LogP contribution in [-0.2, 0) is 11.2 Å². The minimum Gasteiger partial charge on any atom is -0.444 e. The third-order valence-electron chi connectivity index (χ3n) is 4.39. The third kappa shape index (κ3) is 4.17. The zero-order chi connectivity index (χ0) is 17.8. The molecule has 1 aromatic heterocycles. The average molecular weight is 342 g/mol. The fraction of sp³-hybridized carbons (Fsp3) is 0.389. The number of rotatable bonds is 5. The second kappa shape index (κ2) is 7.38. The molecule has 2 aromatic rings. The van der Waals surface area contributed by atoms with Crippen LogP contribution in [0.4, 0.5) is 4.79 Å². The van der Waals surface area contributed by atoms with Gasteiger partial charge in [-0.05, 0) is 25.5 Å². The lowest BCUT2D eigenvalue weighted by atomic mass is 10.1. The fourth-order valence-electron chi connectivity index (χ4n) is 2.84. The first-order valence-electron chi connectivity index (χ1n) is 8.36. The summed E-state index contributed by atoms with van der Waals surface area (Å²) in [5.74, 6) is -0.00920. The van der Waals surface area contributed by atoms with Crippen molar-refractivity contribution in [1.29, 1.82) is 0 Å². The van der Waals surface area contributed by atoms with Gasteiger partial charge in [0, 0.05) is 31.6 Å². The number of aromatic nitrogens is 1. The Morgan fingerprint density at radius 2 is 2.12 bits per heavy atom. The normalized spacial score (nSPS) is 16.8. The molecule has 1 unspecified atom stereocenters. The molecule has 25 heavy (non-hydrogen) atoms. The number of nitrogens with zero attached hydrogens (tertiary/aromatic N) is 2. The van der Waals surface area contributed by atoms with E-state index in [-0.39, 0.29) is 17.9 Å². The number of hydrogen-bond donors (Lipinski definition) is 2. The standard InChI is InChI=1S/C18H22N4O3/c1-12-2-4-13(5-3-12)17-21-15(11-25-17)6-8-20-18(24)22-9-7-14(10-22)16(19)23/h2-5,11,14H,6-10H2,1H3,(H2,19,23)(H,20,24). The van der Waals surface area contributed by atoms with Gasteiger partial charge in [0.05, 0.1) is 11.6 Å². The first-order valence-corrected chi connectivity index (χ1v) is 8.36. The van der Waals surface area contributed by atoms with Gasteiger partial charge in [-0.2, -0.15) is 0 Å². The van der Waals surface area contributed by atoms with Gasteiger partial charge in [0.1, 0.15) is 6.26 Å². The Hall–Kier alpha value is -2.83. The van der Waals surface area contributed by atoms with Gasteiger partial charge < -0.3 is 20.4 Å². The minimum absolute atomic E-state index is 0.175. The van der Waals surface area contributed by atoms with E-state index < -0.39 is 0 Å². The largest absolute Gasteiger partial charge is 0.444 e. The van der Waals surface area contributed by atoms with Crippen LogP contribution in [0.15, 0.2) is 34.9 Å². The summed E-state index contributed by atoms with van der Waals surface area (Å²) < 4.78 is 5.50. The number of nitrogens with two attached hydrogens (primary N) is 1. The van der Waals surface area contributed by atoms with Gasteiger partial charge in [-0.25, -0.2) is 9.78 Å². The van der Waals surface area contributed by atoms with Gasteiger partial charge >= 0.3 is 6.03 Å². The van der Waals surface area contributed by atoms with Crippen LogP contribution in [-0.4, -0.2) is 41.5 Å². The van der Waals surface area contributed by atoms with E-state index in [1.54, 1.807) is 11.2 Å². The van der Waals surface area contributed by atoms with Crippen LogP contribution in [0.1, 0.15) is 17.7 Å². The van der Waals surface area contributed by atoms with Gasteiger partial charge in [-0.15, -0.1) is 0 Å². The van der Waals surface area contributed by atoms with Crippen molar-refractivity contribution < 1.29 is 14.0 Å². The van der Waals surface area contributed by atoms with E-state index in [2.05, 4.69) is 10.3 Å². The predicted octanol–water partition coefficient (Wildman–Crippen LogP) is 1.71. The molecule has 2 heterocycles. The summed E-state index contributed by atoms with van der Waals surface area (Å²) in [5.41, 5.74) is 8.17. The molecule has 1 atom stereocenters. The van der Waals surface area contributed by atoms with E-state index >= 15 is 0 Å². The summed E-state index contributed by atoms with van der Waals surface area (Å²) in [6.45, 7) is 3.43. The van der Waals surface area contributed by atoms with E-state index in [0.29, 0.717) is 38.4 Å². The SMILES string of the molecule is Cc1ccc(-c2nc(CCNC(=O)N3CCC(C(N)=O)C3)co2)cc1. The van der Waals surface area contributed by atoms with Crippen molar-refractivity contribution in [2.24, 2.45) is 11.7 Å². The van der Waals surface area contributed by atoms with Crippen molar-refractivity contribution in [3.63, 3.8) is 0 Å². The number of hydrogen-bond acceptors (Lipinski definition) is 4. The summed E-state index contributed by atoms with van der Waals surface area (Å²) in [6, 6.07) is 7.78. The van der Waals surface area contributed by atoms with E-state index in [0.717, 1.165) is 11.3 Å². The van der Waals surface area contributed by atoms with Crippen LogP contribution in [0, 0.1) is 12.8 Å². The Morgan fingerprint density at radius 3 is 2.80 bits per heavy atom. The highest BCUT2D eigenvalue weighted by Crippen LogP contribution is 2.19.